The first-order chi connectivity index (χ1) is 18.5. The molecule has 5 rings (SSSR count). The van der Waals surface area contributed by atoms with Gasteiger partial charge in [0.15, 0.2) is 17.3 Å². The van der Waals surface area contributed by atoms with E-state index in [2.05, 4.69) is 0 Å². The van der Waals surface area contributed by atoms with Gasteiger partial charge in [-0.3, -0.25) is 9.59 Å². The number of carbonyl (C=O) groups is 2. The number of fused-ring (bicyclic) bond motifs is 1. The van der Waals surface area contributed by atoms with Crippen LogP contribution in [0.1, 0.15) is 48.2 Å². The van der Waals surface area contributed by atoms with Crippen LogP contribution in [0.5, 0.6) is 11.5 Å². The molecule has 0 radical (unpaired) electrons. The Morgan fingerprint density at radius 2 is 1.32 bits per heavy atom. The molecule has 1 amide bonds. The van der Waals surface area contributed by atoms with Crippen LogP contribution in [0.25, 0.3) is 0 Å². The Balaban J connectivity index is 0.000000181. The number of hydrogen-bond acceptors (Lipinski definition) is 6. The van der Waals surface area contributed by atoms with E-state index >= 15 is 0 Å². The molecule has 2 aliphatic rings. The number of ether oxygens (including phenoxy) is 4. The Bertz CT molecular complexity index is 1180. The zero-order valence-corrected chi connectivity index (χ0v) is 22.0. The standard InChI is InChI=1S/C17H16O4.C14H19NO2/c1-12(19-10-13-5-3-2-4-6-13)17(18)14-7-8-15-16(9-14)21-11-20-15;1-12(14(16)15-9-5-6-10-15)17-11-13-7-3-2-4-8-13/h2-9,12H,10-11H2,1H3;2-4,7-8,12H,5-6,9-11H2,1H3/t2*12-/m00/s1. The first kappa shape index (κ1) is 27.4. The number of carbonyl (C=O) groups excluding carboxylic acids is 2. The molecule has 2 heterocycles. The van der Waals surface area contributed by atoms with E-state index in [0.29, 0.717) is 30.3 Å². The number of benzene rings is 3. The maximum atomic E-state index is 12.3. The van der Waals surface area contributed by atoms with E-state index in [9.17, 15) is 9.59 Å². The van der Waals surface area contributed by atoms with Crippen molar-refractivity contribution in [2.75, 3.05) is 19.9 Å². The highest BCUT2D eigenvalue weighted by Crippen LogP contribution is 2.33. The molecule has 2 aliphatic heterocycles. The molecule has 0 unspecified atom stereocenters. The van der Waals surface area contributed by atoms with Crippen molar-refractivity contribution in [2.45, 2.75) is 52.1 Å². The van der Waals surface area contributed by atoms with E-state index in [-0.39, 0.29) is 24.6 Å². The summed E-state index contributed by atoms with van der Waals surface area (Å²) in [6.45, 7) is 6.49. The molecule has 1 fully saturated rings. The van der Waals surface area contributed by atoms with Gasteiger partial charge in [-0.1, -0.05) is 60.7 Å². The molecule has 0 saturated carbocycles. The fourth-order valence-corrected chi connectivity index (χ4v) is 4.22. The van der Waals surface area contributed by atoms with Crippen molar-refractivity contribution in [3.8, 4) is 11.5 Å². The number of amides is 1. The number of hydrogen-bond donors (Lipinski definition) is 0. The van der Waals surface area contributed by atoms with Crippen molar-refractivity contribution in [1.82, 2.24) is 4.90 Å². The van der Waals surface area contributed by atoms with Gasteiger partial charge in [-0.05, 0) is 56.0 Å². The van der Waals surface area contributed by atoms with E-state index in [1.807, 2.05) is 72.5 Å². The second kappa shape index (κ2) is 13.7. The molecule has 1 saturated heterocycles. The van der Waals surface area contributed by atoms with Gasteiger partial charge >= 0.3 is 0 Å². The summed E-state index contributed by atoms with van der Waals surface area (Å²) in [7, 11) is 0. The molecule has 2 atom stereocenters. The van der Waals surface area contributed by atoms with E-state index in [1.54, 1.807) is 25.1 Å². The van der Waals surface area contributed by atoms with Crippen LogP contribution in [-0.2, 0) is 27.5 Å². The van der Waals surface area contributed by atoms with Crippen LogP contribution in [-0.4, -0.2) is 48.7 Å². The highest BCUT2D eigenvalue weighted by Gasteiger charge is 2.23. The van der Waals surface area contributed by atoms with Crippen LogP contribution in [0, 0.1) is 0 Å². The monoisotopic (exact) mass is 517 g/mol. The third-order valence-electron chi connectivity index (χ3n) is 6.48. The van der Waals surface area contributed by atoms with Crippen LogP contribution < -0.4 is 9.47 Å². The zero-order chi connectivity index (χ0) is 26.7. The van der Waals surface area contributed by atoms with Gasteiger partial charge in [0, 0.05) is 18.7 Å². The second-order valence-electron chi connectivity index (χ2n) is 9.34. The lowest BCUT2D eigenvalue weighted by Crippen LogP contribution is -2.36. The van der Waals surface area contributed by atoms with Gasteiger partial charge in [-0.25, -0.2) is 0 Å². The van der Waals surface area contributed by atoms with Crippen molar-refractivity contribution in [2.24, 2.45) is 0 Å². The number of likely N-dealkylation sites (tertiary alicyclic amines) is 1. The summed E-state index contributed by atoms with van der Waals surface area (Å²) in [5, 5.41) is 0. The van der Waals surface area contributed by atoms with E-state index < -0.39 is 6.10 Å². The van der Waals surface area contributed by atoms with Crippen LogP contribution in [0.2, 0.25) is 0 Å². The predicted octanol–water partition coefficient (Wildman–Crippen LogP) is 5.42. The summed E-state index contributed by atoms with van der Waals surface area (Å²) >= 11 is 0. The van der Waals surface area contributed by atoms with Crippen molar-refractivity contribution < 1.29 is 28.5 Å². The smallest absolute Gasteiger partial charge is 0.251 e. The zero-order valence-electron chi connectivity index (χ0n) is 22.0. The highest BCUT2D eigenvalue weighted by molar-refractivity contribution is 5.99. The lowest BCUT2D eigenvalue weighted by Gasteiger charge is -2.20. The molecule has 0 bridgehead atoms. The number of rotatable bonds is 9. The van der Waals surface area contributed by atoms with Gasteiger partial charge in [0.1, 0.15) is 12.2 Å². The highest BCUT2D eigenvalue weighted by atomic mass is 16.7. The van der Waals surface area contributed by atoms with Crippen LogP contribution in [0.4, 0.5) is 0 Å². The lowest BCUT2D eigenvalue weighted by molar-refractivity contribution is -0.142. The van der Waals surface area contributed by atoms with Crippen LogP contribution in [0.15, 0.2) is 78.9 Å². The quantitative estimate of drug-likeness (QED) is 0.353. The predicted molar refractivity (Wildman–Crippen MR) is 144 cm³/mol. The van der Waals surface area contributed by atoms with Crippen molar-refractivity contribution >= 4 is 11.7 Å². The third kappa shape index (κ3) is 7.66. The van der Waals surface area contributed by atoms with E-state index in [1.165, 1.54) is 0 Å². The Morgan fingerprint density at radius 3 is 1.92 bits per heavy atom. The van der Waals surface area contributed by atoms with E-state index in [0.717, 1.165) is 37.1 Å². The third-order valence-corrected chi connectivity index (χ3v) is 6.48. The molecule has 38 heavy (non-hydrogen) atoms. The molecule has 0 spiro atoms. The van der Waals surface area contributed by atoms with Crippen LogP contribution in [0.3, 0.4) is 0 Å². The van der Waals surface area contributed by atoms with Crippen molar-refractivity contribution in [3.63, 3.8) is 0 Å². The Hall–Kier alpha value is -3.68. The number of nitrogens with zero attached hydrogens (tertiary/aromatic N) is 1. The first-order valence-corrected chi connectivity index (χ1v) is 13.0. The number of Topliss-reactive ketones (excluding diaryl/α,β-unsaturated/α-hetero) is 1. The minimum absolute atomic E-state index is 0.0655. The molecule has 0 aromatic heterocycles. The normalized spacial score (nSPS) is 15.4. The summed E-state index contributed by atoms with van der Waals surface area (Å²) in [5.41, 5.74) is 2.72. The molecule has 3 aromatic carbocycles. The SMILES string of the molecule is C[C@H](OCc1ccccc1)C(=O)N1CCCC1.C[C@H](OCc1ccccc1)C(=O)c1ccc2c(c1)OCO2. The molecule has 3 aromatic rings. The summed E-state index contributed by atoms with van der Waals surface area (Å²) in [4.78, 5) is 26.2. The minimum Gasteiger partial charge on any atom is -0.454 e. The summed E-state index contributed by atoms with van der Waals surface area (Å²) in [6, 6.07) is 24.9. The van der Waals surface area contributed by atoms with Gasteiger partial charge < -0.3 is 23.8 Å². The fourth-order valence-electron chi connectivity index (χ4n) is 4.22. The molecular weight excluding hydrogens is 482 g/mol. The maximum absolute atomic E-state index is 12.3. The Kier molecular flexibility index (Phi) is 9.90. The van der Waals surface area contributed by atoms with Crippen molar-refractivity contribution in [1.29, 1.82) is 0 Å². The average molecular weight is 518 g/mol. The topological polar surface area (TPSA) is 74.3 Å². The van der Waals surface area contributed by atoms with Gasteiger partial charge in [-0.15, -0.1) is 0 Å². The number of ketones is 1. The molecule has 200 valence electrons. The van der Waals surface area contributed by atoms with Crippen LogP contribution >= 0.6 is 0 Å². The summed E-state index contributed by atoms with van der Waals surface area (Å²) in [6.07, 6.45) is 1.40. The van der Waals surface area contributed by atoms with Gasteiger partial charge in [0.25, 0.3) is 5.91 Å². The largest absolute Gasteiger partial charge is 0.454 e. The van der Waals surface area contributed by atoms with E-state index in [4.69, 9.17) is 18.9 Å². The lowest BCUT2D eigenvalue weighted by atomic mass is 10.1. The molecule has 0 aliphatic carbocycles. The van der Waals surface area contributed by atoms with Gasteiger partial charge in [-0.2, -0.15) is 0 Å². The fraction of sp³-hybridized carbons (Fsp3) is 0.355. The average Bonchev–Trinajstić information content (AvgIpc) is 3.67. The molecule has 0 N–H and O–H groups in total. The molecule has 7 heteroatoms. The second-order valence-corrected chi connectivity index (χ2v) is 9.34. The summed E-state index contributed by atoms with van der Waals surface area (Å²) < 4.78 is 21.8. The van der Waals surface area contributed by atoms with Crippen molar-refractivity contribution in [3.05, 3.63) is 95.6 Å². The summed E-state index contributed by atoms with van der Waals surface area (Å²) in [5.74, 6) is 1.34. The Morgan fingerprint density at radius 1 is 0.763 bits per heavy atom. The van der Waals surface area contributed by atoms with Gasteiger partial charge in [0.05, 0.1) is 13.2 Å². The minimum atomic E-state index is -0.509. The molecular formula is C31H35NO6. The molecule has 7 nitrogen and oxygen atoms in total. The Labute approximate surface area is 224 Å². The van der Waals surface area contributed by atoms with Gasteiger partial charge in [0.2, 0.25) is 6.79 Å². The first-order valence-electron chi connectivity index (χ1n) is 13.0. The maximum Gasteiger partial charge on any atom is 0.251 e.